The van der Waals surface area contributed by atoms with E-state index in [1.165, 1.54) is 0 Å². The maximum absolute atomic E-state index is 6.16. The molecule has 6 nitrogen and oxygen atoms in total. The lowest BCUT2D eigenvalue weighted by Crippen LogP contribution is -2.23. The van der Waals surface area contributed by atoms with Crippen molar-refractivity contribution in [2.75, 3.05) is 18.9 Å². The first-order valence-electron chi connectivity index (χ1n) is 7.29. The van der Waals surface area contributed by atoms with Gasteiger partial charge >= 0.3 is 0 Å². The number of anilines is 1. The van der Waals surface area contributed by atoms with Gasteiger partial charge in [-0.05, 0) is 26.7 Å². The van der Waals surface area contributed by atoms with Crippen molar-refractivity contribution in [3.8, 4) is 0 Å². The summed E-state index contributed by atoms with van der Waals surface area (Å²) in [7, 11) is 0. The average Bonchev–Trinajstić information content (AvgIpc) is 2.88. The van der Waals surface area contributed by atoms with Gasteiger partial charge in [0.15, 0.2) is 5.65 Å². The van der Waals surface area contributed by atoms with E-state index in [1.807, 2.05) is 18.5 Å². The molecule has 0 aliphatic carbocycles. The second kappa shape index (κ2) is 5.83. The van der Waals surface area contributed by atoms with Gasteiger partial charge in [0.1, 0.15) is 5.52 Å². The molecule has 0 amide bonds. The number of aromatic nitrogens is 4. The van der Waals surface area contributed by atoms with Crippen molar-refractivity contribution >= 4 is 17.1 Å². The Hall–Kier alpha value is -1.56. The molecule has 6 heteroatoms. The molecule has 0 aliphatic heterocycles. The lowest BCUT2D eigenvalue weighted by molar-refractivity contribution is 0.0982. The fourth-order valence-corrected chi connectivity index (χ4v) is 2.56. The highest BCUT2D eigenvalue weighted by molar-refractivity contribution is 5.77. The molecule has 0 fully saturated rings. The topological polar surface area (TPSA) is 70.9 Å². The number of imidazole rings is 1. The van der Waals surface area contributed by atoms with E-state index in [1.54, 1.807) is 0 Å². The van der Waals surface area contributed by atoms with Gasteiger partial charge in [-0.15, -0.1) is 0 Å². The molecule has 0 radical (unpaired) electrons. The summed E-state index contributed by atoms with van der Waals surface area (Å²) in [6.45, 7) is 12.5. The predicted octanol–water partition coefficient (Wildman–Crippen LogP) is 2.38. The van der Waals surface area contributed by atoms with Crippen molar-refractivity contribution in [3.63, 3.8) is 0 Å². The van der Waals surface area contributed by atoms with E-state index in [0.717, 1.165) is 23.4 Å². The largest absolute Gasteiger partial charge is 0.380 e. The van der Waals surface area contributed by atoms with Crippen LogP contribution in [0.4, 0.5) is 5.95 Å². The molecular formula is C14H25N5O. The van der Waals surface area contributed by atoms with Gasteiger partial charge in [0, 0.05) is 13.2 Å². The van der Waals surface area contributed by atoms with E-state index in [-0.39, 0.29) is 6.04 Å². The molecule has 20 heavy (non-hydrogen) atoms. The highest BCUT2D eigenvalue weighted by Gasteiger charge is 2.25. The van der Waals surface area contributed by atoms with E-state index in [0.29, 0.717) is 25.1 Å². The molecule has 1 atom stereocenters. The summed E-state index contributed by atoms with van der Waals surface area (Å²) in [5.74, 6) is 0.947. The number of nitrogens with two attached hydrogens (primary N) is 1. The molecule has 2 N–H and O–H groups in total. The third kappa shape index (κ3) is 2.40. The molecule has 2 rings (SSSR count). The van der Waals surface area contributed by atoms with Gasteiger partial charge in [-0.1, -0.05) is 13.8 Å². The average molecular weight is 279 g/mol. The normalized spacial score (nSPS) is 13.5. The van der Waals surface area contributed by atoms with Crippen LogP contribution in [0.3, 0.4) is 0 Å². The van der Waals surface area contributed by atoms with Crippen LogP contribution >= 0.6 is 0 Å². The summed E-state index contributed by atoms with van der Waals surface area (Å²) in [5, 5.41) is 4.53. The van der Waals surface area contributed by atoms with E-state index < -0.39 is 0 Å². The lowest BCUT2D eigenvalue weighted by atomic mass is 10.1. The SMILES string of the molecule is CCOCC(C(C)C)n1c(N)nc2c(C)nn(CC)c21. The number of hydrogen-bond donors (Lipinski definition) is 1. The maximum Gasteiger partial charge on any atom is 0.202 e. The summed E-state index contributed by atoms with van der Waals surface area (Å²) >= 11 is 0. The van der Waals surface area contributed by atoms with E-state index in [2.05, 4.69) is 35.4 Å². The highest BCUT2D eigenvalue weighted by Crippen LogP contribution is 2.29. The van der Waals surface area contributed by atoms with E-state index >= 15 is 0 Å². The molecule has 0 bridgehead atoms. The Morgan fingerprint density at radius 1 is 1.30 bits per heavy atom. The fourth-order valence-electron chi connectivity index (χ4n) is 2.56. The van der Waals surface area contributed by atoms with Crippen LogP contribution in [0, 0.1) is 12.8 Å². The van der Waals surface area contributed by atoms with Crippen molar-refractivity contribution in [2.24, 2.45) is 5.92 Å². The molecule has 0 saturated heterocycles. The standard InChI is InChI=1S/C14H25N5O/c1-6-18-13-12(10(5)17-18)16-14(15)19(13)11(9(3)4)8-20-7-2/h9,11H,6-8H2,1-5H3,(H2,15,16). The maximum atomic E-state index is 6.16. The Morgan fingerprint density at radius 2 is 2.00 bits per heavy atom. The molecule has 1 unspecified atom stereocenters. The summed E-state index contributed by atoms with van der Waals surface area (Å²) < 4.78 is 9.68. The molecule has 0 aromatic carbocycles. The van der Waals surface area contributed by atoms with Crippen molar-refractivity contribution in [2.45, 2.75) is 47.2 Å². The van der Waals surface area contributed by atoms with Gasteiger partial charge in [-0.3, -0.25) is 4.57 Å². The van der Waals surface area contributed by atoms with Crippen LogP contribution in [0.5, 0.6) is 0 Å². The molecule has 2 aromatic heterocycles. The smallest absolute Gasteiger partial charge is 0.202 e. The van der Waals surface area contributed by atoms with Crippen LogP contribution in [-0.4, -0.2) is 32.5 Å². The van der Waals surface area contributed by atoms with E-state index in [9.17, 15) is 0 Å². The van der Waals surface area contributed by atoms with Crippen LogP contribution in [-0.2, 0) is 11.3 Å². The number of nitrogen functional groups attached to an aromatic ring is 1. The van der Waals surface area contributed by atoms with Crippen LogP contribution in [0.15, 0.2) is 0 Å². The second-order valence-corrected chi connectivity index (χ2v) is 5.38. The quantitative estimate of drug-likeness (QED) is 0.881. The first-order chi connectivity index (χ1) is 9.51. The van der Waals surface area contributed by atoms with Gasteiger partial charge in [-0.2, -0.15) is 5.10 Å². The van der Waals surface area contributed by atoms with Crippen LogP contribution in [0.2, 0.25) is 0 Å². The minimum Gasteiger partial charge on any atom is -0.380 e. The van der Waals surface area contributed by atoms with Gasteiger partial charge in [-0.25, -0.2) is 9.67 Å². The summed E-state index contributed by atoms with van der Waals surface area (Å²) in [6.07, 6.45) is 0. The number of aryl methyl sites for hydroxylation is 2. The van der Waals surface area contributed by atoms with Crippen molar-refractivity contribution in [3.05, 3.63) is 5.69 Å². The summed E-state index contributed by atoms with van der Waals surface area (Å²) in [4.78, 5) is 4.49. The summed E-state index contributed by atoms with van der Waals surface area (Å²) in [5.41, 5.74) is 8.97. The molecular weight excluding hydrogens is 254 g/mol. The van der Waals surface area contributed by atoms with Gasteiger partial charge in [0.2, 0.25) is 5.95 Å². The zero-order valence-corrected chi connectivity index (χ0v) is 13.1. The lowest BCUT2D eigenvalue weighted by Gasteiger charge is -2.24. The Labute approximate surface area is 119 Å². The zero-order chi connectivity index (χ0) is 14.9. The number of nitrogens with zero attached hydrogens (tertiary/aromatic N) is 4. The molecule has 0 saturated carbocycles. The Kier molecular flexibility index (Phi) is 4.32. The minimum atomic E-state index is 0.168. The Balaban J connectivity index is 2.58. The Morgan fingerprint density at radius 3 is 2.55 bits per heavy atom. The van der Waals surface area contributed by atoms with Gasteiger partial charge in [0.05, 0.1) is 18.3 Å². The third-order valence-corrected chi connectivity index (χ3v) is 3.66. The molecule has 0 aliphatic rings. The van der Waals surface area contributed by atoms with Crippen LogP contribution in [0.25, 0.3) is 11.2 Å². The summed E-state index contributed by atoms with van der Waals surface area (Å²) in [6, 6.07) is 0.168. The second-order valence-electron chi connectivity index (χ2n) is 5.38. The number of ether oxygens (including phenoxy) is 1. The first kappa shape index (κ1) is 14.8. The van der Waals surface area contributed by atoms with Gasteiger partial charge in [0.25, 0.3) is 0 Å². The molecule has 2 aromatic rings. The van der Waals surface area contributed by atoms with Crippen molar-refractivity contribution in [1.82, 2.24) is 19.3 Å². The van der Waals surface area contributed by atoms with Crippen molar-refractivity contribution in [1.29, 1.82) is 0 Å². The number of hydrogen-bond acceptors (Lipinski definition) is 4. The third-order valence-electron chi connectivity index (χ3n) is 3.66. The van der Waals surface area contributed by atoms with E-state index in [4.69, 9.17) is 10.5 Å². The monoisotopic (exact) mass is 279 g/mol. The van der Waals surface area contributed by atoms with Crippen LogP contribution < -0.4 is 5.73 Å². The first-order valence-corrected chi connectivity index (χ1v) is 7.29. The van der Waals surface area contributed by atoms with Gasteiger partial charge < -0.3 is 10.5 Å². The van der Waals surface area contributed by atoms with Crippen molar-refractivity contribution < 1.29 is 4.74 Å². The molecule has 112 valence electrons. The molecule has 2 heterocycles. The van der Waals surface area contributed by atoms with Crippen LogP contribution in [0.1, 0.15) is 39.4 Å². The minimum absolute atomic E-state index is 0.168. The number of fused-ring (bicyclic) bond motifs is 1. The predicted molar refractivity (Wildman–Crippen MR) is 80.7 cm³/mol. The Bertz CT molecular complexity index is 584. The zero-order valence-electron chi connectivity index (χ0n) is 13.1. The number of rotatable bonds is 6. The molecule has 0 spiro atoms. The highest BCUT2D eigenvalue weighted by atomic mass is 16.5. The fraction of sp³-hybridized carbons (Fsp3) is 0.714.